The van der Waals surface area contributed by atoms with Crippen LogP contribution in [0, 0.1) is 5.41 Å². The Morgan fingerprint density at radius 1 is 1.50 bits per heavy atom. The van der Waals surface area contributed by atoms with Gasteiger partial charge in [-0.15, -0.1) is 11.3 Å². The lowest BCUT2D eigenvalue weighted by Gasteiger charge is -2.28. The van der Waals surface area contributed by atoms with E-state index in [4.69, 9.17) is 29.6 Å². The number of amides is 1. The van der Waals surface area contributed by atoms with Gasteiger partial charge in [0.1, 0.15) is 0 Å². The summed E-state index contributed by atoms with van der Waals surface area (Å²) in [5, 5.41) is 2.88. The van der Waals surface area contributed by atoms with Gasteiger partial charge in [-0.2, -0.15) is 0 Å². The smallest absolute Gasteiger partial charge is 0.233 e. The maximum Gasteiger partial charge on any atom is 0.233 e. The van der Waals surface area contributed by atoms with Crippen molar-refractivity contribution in [1.82, 2.24) is 5.32 Å². The van der Waals surface area contributed by atoms with Crippen molar-refractivity contribution in [1.29, 1.82) is 0 Å². The number of hydrogen-bond acceptors (Lipinski definition) is 3. The maximum atomic E-state index is 12.2. The van der Waals surface area contributed by atoms with Gasteiger partial charge in [0.05, 0.1) is 21.3 Å². The van der Waals surface area contributed by atoms with Crippen molar-refractivity contribution in [2.45, 2.75) is 33.2 Å². The first-order valence-corrected chi connectivity index (χ1v) is 7.39. The molecule has 0 spiro atoms. The maximum absolute atomic E-state index is 12.2. The number of halogens is 1. The summed E-state index contributed by atoms with van der Waals surface area (Å²) in [5.41, 5.74) is 4.98. The van der Waals surface area contributed by atoms with Gasteiger partial charge in [0.25, 0.3) is 0 Å². The SMILES string of the molecule is CCC(CC)(C(=O)NCc1ccc(Cl)s1)C(N)=S. The van der Waals surface area contributed by atoms with Crippen molar-refractivity contribution in [3.8, 4) is 0 Å². The Hall–Kier alpha value is -0.650. The van der Waals surface area contributed by atoms with Gasteiger partial charge in [0.15, 0.2) is 0 Å². The Balaban J connectivity index is 2.71. The van der Waals surface area contributed by atoms with Gasteiger partial charge < -0.3 is 11.1 Å². The van der Waals surface area contributed by atoms with Crippen LogP contribution in [0.15, 0.2) is 12.1 Å². The molecular formula is C12H17ClN2OS2. The molecule has 0 atom stereocenters. The highest BCUT2D eigenvalue weighted by molar-refractivity contribution is 7.80. The number of thiophene rings is 1. The molecule has 1 heterocycles. The van der Waals surface area contributed by atoms with Crippen molar-refractivity contribution < 1.29 is 4.79 Å². The molecule has 1 rings (SSSR count). The molecule has 1 amide bonds. The van der Waals surface area contributed by atoms with E-state index in [9.17, 15) is 4.79 Å². The van der Waals surface area contributed by atoms with E-state index < -0.39 is 5.41 Å². The van der Waals surface area contributed by atoms with Crippen LogP contribution in [0.1, 0.15) is 31.6 Å². The Labute approximate surface area is 122 Å². The zero-order valence-electron chi connectivity index (χ0n) is 10.5. The molecule has 1 aromatic rings. The molecule has 0 unspecified atom stereocenters. The molecule has 6 heteroatoms. The molecule has 18 heavy (non-hydrogen) atoms. The Bertz CT molecular complexity index is 441. The molecule has 3 N–H and O–H groups in total. The largest absolute Gasteiger partial charge is 0.392 e. The molecular weight excluding hydrogens is 288 g/mol. The number of rotatable bonds is 6. The third-order valence-electron chi connectivity index (χ3n) is 3.17. The predicted octanol–water partition coefficient (Wildman–Crippen LogP) is 3.11. The third kappa shape index (κ3) is 3.22. The Morgan fingerprint density at radius 2 is 2.11 bits per heavy atom. The molecule has 100 valence electrons. The van der Waals surface area contributed by atoms with Crippen molar-refractivity contribution in [3.63, 3.8) is 0 Å². The van der Waals surface area contributed by atoms with Gasteiger partial charge in [-0.1, -0.05) is 37.7 Å². The fourth-order valence-electron chi connectivity index (χ4n) is 1.81. The van der Waals surface area contributed by atoms with Gasteiger partial charge >= 0.3 is 0 Å². The highest BCUT2D eigenvalue weighted by Crippen LogP contribution is 2.28. The molecule has 0 saturated carbocycles. The molecule has 0 bridgehead atoms. The summed E-state index contributed by atoms with van der Waals surface area (Å²) in [6, 6.07) is 3.71. The van der Waals surface area contributed by atoms with Crippen molar-refractivity contribution in [3.05, 3.63) is 21.3 Å². The molecule has 0 radical (unpaired) electrons. The lowest BCUT2D eigenvalue weighted by molar-refractivity contribution is -0.128. The summed E-state index contributed by atoms with van der Waals surface area (Å²) >= 11 is 12.3. The predicted molar refractivity (Wildman–Crippen MR) is 81.0 cm³/mol. The van der Waals surface area contributed by atoms with Gasteiger partial charge in [-0.3, -0.25) is 4.79 Å². The fourth-order valence-corrected chi connectivity index (χ4v) is 3.22. The summed E-state index contributed by atoms with van der Waals surface area (Å²) in [6.07, 6.45) is 1.21. The van der Waals surface area contributed by atoms with Crippen LogP contribution in [0.25, 0.3) is 0 Å². The Kier molecular flexibility index (Phi) is 5.56. The van der Waals surface area contributed by atoms with Crippen molar-refractivity contribution in [2.24, 2.45) is 11.1 Å². The minimum atomic E-state index is -0.740. The number of nitrogens with two attached hydrogens (primary N) is 1. The molecule has 0 aliphatic heterocycles. The second kappa shape index (κ2) is 6.50. The van der Waals surface area contributed by atoms with Gasteiger partial charge in [-0.25, -0.2) is 0 Å². The standard InChI is InChI=1S/C12H17ClN2OS2/c1-3-12(4-2,10(14)17)11(16)15-7-8-5-6-9(13)18-8/h5-6H,3-4,7H2,1-2H3,(H2,14,17)(H,15,16). The Morgan fingerprint density at radius 3 is 2.50 bits per heavy atom. The van der Waals surface area contributed by atoms with Crippen molar-refractivity contribution >= 4 is 46.1 Å². The van der Waals surface area contributed by atoms with Crippen LogP contribution in [0.3, 0.4) is 0 Å². The highest BCUT2D eigenvalue weighted by Gasteiger charge is 2.37. The average Bonchev–Trinajstić information content (AvgIpc) is 2.74. The molecule has 0 aliphatic carbocycles. The lowest BCUT2D eigenvalue weighted by atomic mass is 9.81. The second-order valence-electron chi connectivity index (χ2n) is 4.04. The van der Waals surface area contributed by atoms with E-state index >= 15 is 0 Å². The molecule has 3 nitrogen and oxygen atoms in total. The summed E-state index contributed by atoms with van der Waals surface area (Å²) < 4.78 is 0.714. The minimum absolute atomic E-state index is 0.107. The summed E-state index contributed by atoms with van der Waals surface area (Å²) in [4.78, 5) is 13.5. The first-order chi connectivity index (χ1) is 8.46. The number of nitrogens with one attached hydrogen (secondary N) is 1. The van der Waals surface area contributed by atoms with E-state index in [-0.39, 0.29) is 10.9 Å². The van der Waals surface area contributed by atoms with E-state index in [1.807, 2.05) is 26.0 Å². The molecule has 1 aromatic heterocycles. The molecule has 0 aliphatic rings. The average molecular weight is 305 g/mol. The summed E-state index contributed by atoms with van der Waals surface area (Å²) in [6.45, 7) is 4.30. The topological polar surface area (TPSA) is 55.1 Å². The fraction of sp³-hybridized carbons (Fsp3) is 0.500. The zero-order chi connectivity index (χ0) is 13.8. The van der Waals surface area contributed by atoms with E-state index in [1.165, 1.54) is 11.3 Å². The van der Waals surface area contributed by atoms with Crippen LogP contribution in [-0.2, 0) is 11.3 Å². The monoisotopic (exact) mass is 304 g/mol. The highest BCUT2D eigenvalue weighted by atomic mass is 35.5. The van der Waals surface area contributed by atoms with E-state index in [0.717, 1.165) is 4.88 Å². The molecule has 0 fully saturated rings. The first kappa shape index (κ1) is 15.4. The molecule has 0 aromatic carbocycles. The number of carbonyl (C=O) groups is 1. The van der Waals surface area contributed by atoms with Crippen LogP contribution in [0.4, 0.5) is 0 Å². The van der Waals surface area contributed by atoms with Gasteiger partial charge in [0.2, 0.25) is 5.91 Å². The number of thiocarbonyl (C=S) groups is 1. The van der Waals surface area contributed by atoms with Crippen LogP contribution in [0.5, 0.6) is 0 Å². The number of hydrogen-bond donors (Lipinski definition) is 2. The third-order valence-corrected chi connectivity index (χ3v) is 4.79. The van der Waals surface area contributed by atoms with E-state index in [0.29, 0.717) is 23.7 Å². The van der Waals surface area contributed by atoms with Crippen LogP contribution in [0.2, 0.25) is 4.34 Å². The van der Waals surface area contributed by atoms with Gasteiger partial charge in [-0.05, 0) is 25.0 Å². The normalized spacial score (nSPS) is 11.3. The van der Waals surface area contributed by atoms with Crippen molar-refractivity contribution in [2.75, 3.05) is 0 Å². The zero-order valence-corrected chi connectivity index (χ0v) is 12.8. The summed E-state index contributed by atoms with van der Waals surface area (Å²) in [5.74, 6) is -0.107. The van der Waals surface area contributed by atoms with E-state index in [2.05, 4.69) is 5.32 Å². The number of carbonyl (C=O) groups excluding carboxylic acids is 1. The van der Waals surface area contributed by atoms with Crippen LogP contribution < -0.4 is 11.1 Å². The minimum Gasteiger partial charge on any atom is -0.392 e. The quantitative estimate of drug-likeness (QED) is 0.794. The summed E-state index contributed by atoms with van der Waals surface area (Å²) in [7, 11) is 0. The lowest BCUT2D eigenvalue weighted by Crippen LogP contribution is -2.48. The van der Waals surface area contributed by atoms with Gasteiger partial charge in [0, 0.05) is 4.88 Å². The van der Waals surface area contributed by atoms with Crippen LogP contribution >= 0.6 is 35.2 Å². The second-order valence-corrected chi connectivity index (χ2v) is 6.28. The molecule has 0 saturated heterocycles. The van der Waals surface area contributed by atoms with Crippen LogP contribution in [-0.4, -0.2) is 10.9 Å². The first-order valence-electron chi connectivity index (χ1n) is 5.78. The van der Waals surface area contributed by atoms with E-state index in [1.54, 1.807) is 0 Å².